The van der Waals surface area contributed by atoms with Gasteiger partial charge in [0.25, 0.3) is 0 Å². The van der Waals surface area contributed by atoms with Crippen molar-refractivity contribution in [3.63, 3.8) is 0 Å². The van der Waals surface area contributed by atoms with E-state index in [-0.39, 0.29) is 17.2 Å². The Bertz CT molecular complexity index is 192. The number of thiol groups is 1. The molecule has 0 amide bonds. The summed E-state index contributed by atoms with van der Waals surface area (Å²) in [6, 6.07) is 0. The van der Waals surface area contributed by atoms with Crippen molar-refractivity contribution in [2.75, 3.05) is 0 Å². The van der Waals surface area contributed by atoms with Gasteiger partial charge in [0.15, 0.2) is 0 Å². The molecule has 0 heterocycles. The van der Waals surface area contributed by atoms with E-state index >= 15 is 0 Å². The second kappa shape index (κ2) is 6.16. The molecule has 14 heavy (non-hydrogen) atoms. The normalized spacial score (nSPS) is 15.1. The summed E-state index contributed by atoms with van der Waals surface area (Å²) >= 11 is 4.25. The van der Waals surface area contributed by atoms with Gasteiger partial charge in [0.05, 0.1) is 12.2 Å². The summed E-state index contributed by atoms with van der Waals surface area (Å²) in [7, 11) is -3.06. The van der Waals surface area contributed by atoms with Crippen molar-refractivity contribution in [3.8, 4) is 0 Å². The van der Waals surface area contributed by atoms with E-state index in [1.165, 1.54) is 0 Å². The molecule has 0 aliphatic heterocycles. The summed E-state index contributed by atoms with van der Waals surface area (Å²) in [5, 5.41) is 0. The van der Waals surface area contributed by atoms with Gasteiger partial charge in [0.2, 0.25) is 0 Å². The van der Waals surface area contributed by atoms with Crippen molar-refractivity contribution in [2.24, 2.45) is 0 Å². The van der Waals surface area contributed by atoms with Crippen LogP contribution < -0.4 is 0 Å². The van der Waals surface area contributed by atoms with Crippen LogP contribution >= 0.6 is 20.2 Å². The quantitative estimate of drug-likeness (QED) is 0.568. The van der Waals surface area contributed by atoms with Gasteiger partial charge in [0, 0.05) is 0 Å². The Labute approximate surface area is 92.5 Å². The van der Waals surface area contributed by atoms with Crippen LogP contribution in [0.2, 0.25) is 0 Å². The van der Waals surface area contributed by atoms with E-state index in [1.54, 1.807) is 0 Å². The molecule has 0 rings (SSSR count). The lowest BCUT2D eigenvalue weighted by Gasteiger charge is -2.26. The molecule has 0 bridgehead atoms. The SMILES string of the molecule is CC[C@@H](S)P(=O)(OC(C)C)OC(C)C. The lowest BCUT2D eigenvalue weighted by molar-refractivity contribution is 0.141. The van der Waals surface area contributed by atoms with Crippen LogP contribution in [0.15, 0.2) is 0 Å². The maximum Gasteiger partial charge on any atom is 0.343 e. The third-order valence-corrected chi connectivity index (χ3v) is 5.19. The molecule has 3 nitrogen and oxygen atoms in total. The van der Waals surface area contributed by atoms with Gasteiger partial charge in [-0.25, -0.2) is 0 Å². The van der Waals surface area contributed by atoms with E-state index in [9.17, 15) is 4.57 Å². The molecule has 0 saturated heterocycles. The minimum atomic E-state index is -3.06. The first-order chi connectivity index (χ1) is 6.31. The lowest BCUT2D eigenvalue weighted by atomic mass is 10.5. The number of hydrogen-bond donors (Lipinski definition) is 1. The largest absolute Gasteiger partial charge is 0.343 e. The minimum Gasteiger partial charge on any atom is -0.305 e. The van der Waals surface area contributed by atoms with E-state index in [0.29, 0.717) is 6.42 Å². The van der Waals surface area contributed by atoms with Crippen LogP contribution in [-0.4, -0.2) is 17.2 Å². The minimum absolute atomic E-state index is 0.110. The maximum atomic E-state index is 12.2. The number of hydrogen-bond acceptors (Lipinski definition) is 4. The first-order valence-corrected chi connectivity index (χ1v) is 7.09. The molecule has 0 aromatic carbocycles. The fourth-order valence-corrected chi connectivity index (χ4v) is 3.26. The summed E-state index contributed by atoms with van der Waals surface area (Å²) in [4.78, 5) is -0.340. The molecule has 0 fully saturated rings. The zero-order chi connectivity index (χ0) is 11.4. The molecule has 0 saturated carbocycles. The molecule has 0 aromatic rings. The van der Waals surface area contributed by atoms with Gasteiger partial charge in [-0.2, -0.15) is 12.6 Å². The van der Waals surface area contributed by atoms with Crippen LogP contribution in [0.3, 0.4) is 0 Å². The van der Waals surface area contributed by atoms with Crippen LogP contribution in [0.5, 0.6) is 0 Å². The highest BCUT2D eigenvalue weighted by atomic mass is 32.1. The summed E-state index contributed by atoms with van der Waals surface area (Å²) in [6.07, 6.45) is 0.446. The van der Waals surface area contributed by atoms with Gasteiger partial charge < -0.3 is 9.05 Å². The maximum absolute atomic E-state index is 12.2. The Morgan fingerprint density at radius 1 is 1.14 bits per heavy atom. The molecule has 1 atom stereocenters. The Kier molecular flexibility index (Phi) is 6.38. The zero-order valence-corrected chi connectivity index (χ0v) is 11.3. The summed E-state index contributed by atoms with van der Waals surface area (Å²) in [5.74, 6) is 0. The van der Waals surface area contributed by atoms with E-state index < -0.39 is 7.60 Å². The highest BCUT2D eigenvalue weighted by molar-refractivity contribution is 7.89. The van der Waals surface area contributed by atoms with Gasteiger partial charge in [0.1, 0.15) is 4.99 Å². The van der Waals surface area contributed by atoms with Gasteiger partial charge in [-0.3, -0.25) is 4.57 Å². The molecule has 0 aliphatic rings. The molecule has 0 radical (unpaired) electrons. The molecule has 0 N–H and O–H groups in total. The van der Waals surface area contributed by atoms with Gasteiger partial charge in [-0.15, -0.1) is 0 Å². The average molecular weight is 240 g/mol. The molecule has 0 aliphatic carbocycles. The standard InChI is InChI=1S/C9H21O3PS/c1-6-9(14)13(10,11-7(2)3)12-8(4)5/h7-9,14H,6H2,1-5H3/t9-/m1/s1. The fraction of sp³-hybridized carbons (Fsp3) is 1.00. The summed E-state index contributed by atoms with van der Waals surface area (Å²) < 4.78 is 23.0. The predicted molar refractivity (Wildman–Crippen MR) is 63.1 cm³/mol. The molecular formula is C9H21O3PS. The smallest absolute Gasteiger partial charge is 0.305 e. The van der Waals surface area contributed by atoms with Crippen LogP contribution in [0.4, 0.5) is 0 Å². The van der Waals surface area contributed by atoms with Crippen molar-refractivity contribution in [2.45, 2.75) is 58.2 Å². The van der Waals surface area contributed by atoms with Crippen molar-refractivity contribution in [3.05, 3.63) is 0 Å². The van der Waals surface area contributed by atoms with Crippen LogP contribution in [0, 0.1) is 0 Å². The Morgan fingerprint density at radius 3 is 1.71 bits per heavy atom. The molecule has 0 spiro atoms. The second-order valence-corrected chi connectivity index (χ2v) is 6.89. The van der Waals surface area contributed by atoms with Crippen LogP contribution in [0.25, 0.3) is 0 Å². The first kappa shape index (κ1) is 14.5. The molecule has 0 unspecified atom stereocenters. The van der Waals surface area contributed by atoms with Crippen molar-refractivity contribution < 1.29 is 13.6 Å². The fourth-order valence-electron chi connectivity index (χ4n) is 0.977. The lowest BCUT2D eigenvalue weighted by Crippen LogP contribution is -2.14. The molecular weight excluding hydrogens is 219 g/mol. The third-order valence-electron chi connectivity index (χ3n) is 1.45. The van der Waals surface area contributed by atoms with Crippen LogP contribution in [-0.2, 0) is 13.6 Å². The van der Waals surface area contributed by atoms with E-state index in [0.717, 1.165) is 0 Å². The van der Waals surface area contributed by atoms with Gasteiger partial charge in [-0.05, 0) is 34.1 Å². The molecule has 5 heteroatoms. The van der Waals surface area contributed by atoms with Crippen molar-refractivity contribution in [1.29, 1.82) is 0 Å². The summed E-state index contributed by atoms with van der Waals surface area (Å²) in [6.45, 7) is 9.27. The van der Waals surface area contributed by atoms with E-state index in [1.807, 2.05) is 34.6 Å². The van der Waals surface area contributed by atoms with Crippen LogP contribution in [0.1, 0.15) is 41.0 Å². The highest BCUT2D eigenvalue weighted by Gasteiger charge is 2.34. The van der Waals surface area contributed by atoms with Crippen molar-refractivity contribution in [1.82, 2.24) is 0 Å². The first-order valence-electron chi connectivity index (χ1n) is 4.96. The topological polar surface area (TPSA) is 35.5 Å². The molecule has 0 aromatic heterocycles. The Morgan fingerprint density at radius 2 is 1.50 bits per heavy atom. The molecule has 86 valence electrons. The monoisotopic (exact) mass is 240 g/mol. The Balaban J connectivity index is 4.58. The summed E-state index contributed by atoms with van der Waals surface area (Å²) in [5.41, 5.74) is 0. The third kappa shape index (κ3) is 4.83. The zero-order valence-electron chi connectivity index (χ0n) is 9.56. The van der Waals surface area contributed by atoms with E-state index in [4.69, 9.17) is 9.05 Å². The second-order valence-electron chi connectivity index (χ2n) is 3.74. The number of rotatable bonds is 6. The predicted octanol–water partition coefficient (Wildman–Crippen LogP) is 3.70. The van der Waals surface area contributed by atoms with Gasteiger partial charge in [-0.1, -0.05) is 6.92 Å². The van der Waals surface area contributed by atoms with Gasteiger partial charge >= 0.3 is 7.60 Å². The highest BCUT2D eigenvalue weighted by Crippen LogP contribution is 2.57. The van der Waals surface area contributed by atoms with E-state index in [2.05, 4.69) is 12.6 Å². The Hall–Kier alpha value is 0.500. The average Bonchev–Trinajstić information content (AvgIpc) is 1.99. The van der Waals surface area contributed by atoms with Crippen molar-refractivity contribution >= 4 is 20.2 Å².